The third-order valence-corrected chi connectivity index (χ3v) is 1.16. The molecule has 0 aliphatic rings. The van der Waals surface area contributed by atoms with Crippen LogP contribution in [0.15, 0.2) is 0 Å². The van der Waals surface area contributed by atoms with E-state index in [4.69, 9.17) is 0 Å². The number of nitrogens with one attached hydrogen (secondary N) is 1. The maximum absolute atomic E-state index is 10.4. The van der Waals surface area contributed by atoms with Crippen LogP contribution in [0.1, 0.15) is 13.3 Å². The van der Waals surface area contributed by atoms with Crippen molar-refractivity contribution < 1.29 is 4.79 Å². The lowest BCUT2D eigenvalue weighted by atomic mass is 10.4. The molecule has 0 aliphatic carbocycles. The van der Waals surface area contributed by atoms with E-state index in [9.17, 15) is 4.79 Å². The Morgan fingerprint density at radius 1 is 1.45 bits per heavy atom. The van der Waals surface area contributed by atoms with Gasteiger partial charge in [-0.15, -0.1) is 12.4 Å². The lowest BCUT2D eigenvalue weighted by molar-refractivity contribution is -0.118. The van der Waals surface area contributed by atoms with Crippen molar-refractivity contribution in [3.8, 4) is 0 Å². The van der Waals surface area contributed by atoms with Crippen LogP contribution >= 0.6 is 12.4 Å². The van der Waals surface area contributed by atoms with Crippen molar-refractivity contribution >= 4 is 18.3 Å². The van der Waals surface area contributed by atoms with Crippen LogP contribution in [0, 0.1) is 0 Å². The predicted molar refractivity (Wildman–Crippen MR) is 49.1 cm³/mol. The first kappa shape index (κ1) is 13.3. The van der Waals surface area contributed by atoms with Crippen molar-refractivity contribution in [2.45, 2.75) is 13.3 Å². The molecule has 0 bridgehead atoms. The van der Waals surface area contributed by atoms with E-state index in [2.05, 4.69) is 10.2 Å². The molecule has 0 radical (unpaired) electrons. The molecule has 0 aromatic rings. The highest BCUT2D eigenvalue weighted by molar-refractivity contribution is 5.85. The van der Waals surface area contributed by atoms with Crippen LogP contribution in [-0.4, -0.2) is 38.0 Å². The third-order valence-electron chi connectivity index (χ3n) is 1.16. The van der Waals surface area contributed by atoms with Crippen molar-refractivity contribution in [1.82, 2.24) is 10.2 Å². The second-order valence-corrected chi connectivity index (χ2v) is 2.64. The summed E-state index contributed by atoms with van der Waals surface area (Å²) in [6.07, 6.45) is 1.02. The summed E-state index contributed by atoms with van der Waals surface area (Å²) in [6, 6.07) is 0. The molecule has 0 aliphatic heterocycles. The van der Waals surface area contributed by atoms with Crippen molar-refractivity contribution in [1.29, 1.82) is 0 Å². The first-order chi connectivity index (χ1) is 4.63. The Balaban J connectivity index is 0. The number of rotatable bonds is 4. The van der Waals surface area contributed by atoms with Gasteiger partial charge in [0.05, 0.1) is 0 Å². The van der Waals surface area contributed by atoms with Crippen molar-refractivity contribution in [3.63, 3.8) is 0 Å². The van der Waals surface area contributed by atoms with E-state index in [1.807, 2.05) is 14.1 Å². The fourth-order valence-corrected chi connectivity index (χ4v) is 0.660. The van der Waals surface area contributed by atoms with Crippen molar-refractivity contribution in [3.05, 3.63) is 0 Å². The molecule has 1 N–H and O–H groups in total. The zero-order chi connectivity index (χ0) is 7.98. The second-order valence-electron chi connectivity index (χ2n) is 2.64. The summed E-state index contributed by atoms with van der Waals surface area (Å²) in [5, 5.41) is 2.74. The van der Waals surface area contributed by atoms with Crippen molar-refractivity contribution in [2.24, 2.45) is 0 Å². The fraction of sp³-hybridized carbons (Fsp3) is 0.857. The van der Waals surface area contributed by atoms with Gasteiger partial charge >= 0.3 is 0 Å². The molecule has 4 heteroatoms. The molecule has 0 spiro atoms. The van der Waals surface area contributed by atoms with Gasteiger partial charge in [0.25, 0.3) is 0 Å². The Hall–Kier alpha value is -0.280. The molecular weight excluding hydrogens is 164 g/mol. The Labute approximate surface area is 74.6 Å². The molecule has 1 amide bonds. The number of halogens is 1. The normalized spacial score (nSPS) is 9.09. The Morgan fingerprint density at radius 3 is 2.36 bits per heavy atom. The number of carbonyl (C=O) groups excluding carboxylic acids is 1. The number of hydrogen-bond acceptors (Lipinski definition) is 2. The largest absolute Gasteiger partial charge is 0.356 e. The van der Waals surface area contributed by atoms with E-state index in [0.29, 0.717) is 0 Å². The molecule has 0 saturated heterocycles. The minimum atomic E-state index is 0. The molecular formula is C7H17ClN2O. The summed E-state index contributed by atoms with van der Waals surface area (Å²) in [5.41, 5.74) is 0. The summed E-state index contributed by atoms with van der Waals surface area (Å²) in [5.74, 6) is 0.0544. The summed E-state index contributed by atoms with van der Waals surface area (Å²) < 4.78 is 0. The molecule has 0 fully saturated rings. The van der Waals surface area contributed by atoms with Gasteiger partial charge in [0.2, 0.25) is 5.91 Å². The highest BCUT2D eigenvalue weighted by Gasteiger charge is 1.91. The first-order valence-electron chi connectivity index (χ1n) is 3.52. The van der Waals surface area contributed by atoms with E-state index >= 15 is 0 Å². The minimum Gasteiger partial charge on any atom is -0.356 e. The molecule has 0 aromatic heterocycles. The van der Waals surface area contributed by atoms with Gasteiger partial charge in [-0.05, 0) is 27.1 Å². The van der Waals surface area contributed by atoms with E-state index in [1.165, 1.54) is 6.92 Å². The highest BCUT2D eigenvalue weighted by atomic mass is 35.5. The zero-order valence-electron chi connectivity index (χ0n) is 7.39. The van der Waals surface area contributed by atoms with Gasteiger partial charge in [0.15, 0.2) is 0 Å². The molecule has 11 heavy (non-hydrogen) atoms. The van der Waals surface area contributed by atoms with Gasteiger partial charge in [-0.1, -0.05) is 0 Å². The number of nitrogens with zero attached hydrogens (tertiary/aromatic N) is 1. The van der Waals surface area contributed by atoms with Gasteiger partial charge in [0.1, 0.15) is 0 Å². The highest BCUT2D eigenvalue weighted by Crippen LogP contribution is 1.79. The van der Waals surface area contributed by atoms with Crippen LogP contribution in [0.2, 0.25) is 0 Å². The molecule has 68 valence electrons. The molecule has 0 heterocycles. The summed E-state index contributed by atoms with van der Waals surface area (Å²) >= 11 is 0. The van der Waals surface area contributed by atoms with Gasteiger partial charge in [0, 0.05) is 13.5 Å². The number of hydrogen-bond donors (Lipinski definition) is 1. The average Bonchev–Trinajstić information content (AvgIpc) is 1.79. The maximum Gasteiger partial charge on any atom is 0.216 e. The SMILES string of the molecule is CC(=O)NCCCN(C)C.Cl. The van der Waals surface area contributed by atoms with Gasteiger partial charge < -0.3 is 10.2 Å². The van der Waals surface area contributed by atoms with Crippen LogP contribution in [0.5, 0.6) is 0 Å². The molecule has 0 unspecified atom stereocenters. The standard InChI is InChI=1S/C7H16N2O.ClH/c1-7(10)8-5-4-6-9(2)3;/h4-6H2,1-3H3,(H,8,10);1H. The number of carbonyl (C=O) groups is 1. The second kappa shape index (κ2) is 7.82. The molecule has 0 aromatic carbocycles. The summed E-state index contributed by atoms with van der Waals surface area (Å²) in [4.78, 5) is 12.5. The van der Waals surface area contributed by atoms with E-state index in [1.54, 1.807) is 0 Å². The Bertz CT molecular complexity index is 107. The van der Waals surface area contributed by atoms with Gasteiger partial charge in [-0.3, -0.25) is 4.79 Å². The van der Waals surface area contributed by atoms with Crippen LogP contribution in [-0.2, 0) is 4.79 Å². The lowest BCUT2D eigenvalue weighted by Crippen LogP contribution is -2.24. The van der Waals surface area contributed by atoms with E-state index in [-0.39, 0.29) is 18.3 Å². The smallest absolute Gasteiger partial charge is 0.216 e. The predicted octanol–water partition coefficient (Wildman–Crippen LogP) is 0.496. The molecule has 3 nitrogen and oxygen atoms in total. The Kier molecular flexibility index (Phi) is 9.47. The van der Waals surface area contributed by atoms with Crippen LogP contribution < -0.4 is 5.32 Å². The van der Waals surface area contributed by atoms with Crippen LogP contribution in [0.4, 0.5) is 0 Å². The number of amides is 1. The lowest BCUT2D eigenvalue weighted by Gasteiger charge is -2.08. The third kappa shape index (κ3) is 12.8. The van der Waals surface area contributed by atoms with E-state index in [0.717, 1.165) is 19.5 Å². The van der Waals surface area contributed by atoms with E-state index < -0.39 is 0 Å². The molecule has 0 rings (SSSR count). The maximum atomic E-state index is 10.4. The fourth-order valence-electron chi connectivity index (χ4n) is 0.660. The summed E-state index contributed by atoms with van der Waals surface area (Å²) in [7, 11) is 4.04. The first-order valence-corrected chi connectivity index (χ1v) is 3.52. The molecule has 0 atom stereocenters. The van der Waals surface area contributed by atoms with Crippen molar-refractivity contribution in [2.75, 3.05) is 27.2 Å². The van der Waals surface area contributed by atoms with Gasteiger partial charge in [-0.25, -0.2) is 0 Å². The minimum absolute atomic E-state index is 0. The monoisotopic (exact) mass is 180 g/mol. The summed E-state index contributed by atoms with van der Waals surface area (Å²) in [6.45, 7) is 3.35. The van der Waals surface area contributed by atoms with Crippen LogP contribution in [0.25, 0.3) is 0 Å². The Morgan fingerprint density at radius 2 is 2.00 bits per heavy atom. The zero-order valence-corrected chi connectivity index (χ0v) is 8.20. The quantitative estimate of drug-likeness (QED) is 0.639. The average molecular weight is 181 g/mol. The van der Waals surface area contributed by atoms with Crippen LogP contribution in [0.3, 0.4) is 0 Å². The topological polar surface area (TPSA) is 32.3 Å². The molecule has 0 saturated carbocycles. The van der Waals surface area contributed by atoms with Gasteiger partial charge in [-0.2, -0.15) is 0 Å².